The van der Waals surface area contributed by atoms with Crippen LogP contribution >= 0.6 is 0 Å². The van der Waals surface area contributed by atoms with Gasteiger partial charge in [0.05, 0.1) is 7.11 Å². The summed E-state index contributed by atoms with van der Waals surface area (Å²) >= 11 is 0. The summed E-state index contributed by atoms with van der Waals surface area (Å²) in [7, 11) is 1.21. The van der Waals surface area contributed by atoms with Gasteiger partial charge in [0.2, 0.25) is 0 Å². The number of unbranched alkanes of at least 4 members (excludes halogenated alkanes) is 2. The lowest BCUT2D eigenvalue weighted by Crippen LogP contribution is -2.53. The van der Waals surface area contributed by atoms with Crippen LogP contribution in [-0.4, -0.2) is 42.8 Å². The first-order valence-corrected chi connectivity index (χ1v) is 13.4. The number of carbonyl (C=O) groups excluding carboxylic acids is 4. The summed E-state index contributed by atoms with van der Waals surface area (Å²) in [4.78, 5) is 49.6. The molecule has 0 saturated carbocycles. The molecule has 2 aromatic carbocycles. The summed E-state index contributed by atoms with van der Waals surface area (Å²) in [5, 5.41) is 0. The number of para-hydroxylation sites is 1. The van der Waals surface area contributed by atoms with E-state index in [-0.39, 0.29) is 37.2 Å². The Bertz CT molecular complexity index is 1140. The Balaban J connectivity index is 2.22. The Morgan fingerprint density at radius 1 is 0.850 bits per heavy atom. The van der Waals surface area contributed by atoms with E-state index in [0.29, 0.717) is 24.2 Å². The number of benzene rings is 2. The Morgan fingerprint density at radius 3 is 2.02 bits per heavy atom. The molecule has 40 heavy (non-hydrogen) atoms. The third kappa shape index (κ3) is 10.7. The van der Waals surface area contributed by atoms with Gasteiger partial charge in [0.15, 0.2) is 11.5 Å². The maximum Gasteiger partial charge on any atom is 0.514 e. The maximum atomic E-state index is 12.8. The molecule has 2 aromatic rings. The fourth-order valence-corrected chi connectivity index (χ4v) is 3.94. The Kier molecular flexibility index (Phi) is 13.1. The van der Waals surface area contributed by atoms with Crippen molar-refractivity contribution in [2.75, 3.05) is 7.11 Å². The average molecular weight is 558 g/mol. The van der Waals surface area contributed by atoms with E-state index in [9.17, 15) is 19.2 Å². The summed E-state index contributed by atoms with van der Waals surface area (Å²) in [6, 6.07) is 13.0. The van der Waals surface area contributed by atoms with E-state index >= 15 is 0 Å². The molecule has 10 heteroatoms. The SMILES string of the molecule is CCCCC(=O)Oc1ccc(CC(N)(C[C@H](C)OC(=O)Oc2ccccc2)C(=O)OC)cc1OC(=O)CCCC. The first-order chi connectivity index (χ1) is 19.1. The highest BCUT2D eigenvalue weighted by atomic mass is 16.7. The summed E-state index contributed by atoms with van der Waals surface area (Å²) in [5.74, 6) is -1.20. The minimum atomic E-state index is -1.61. The lowest BCUT2D eigenvalue weighted by atomic mass is 9.86. The van der Waals surface area contributed by atoms with Gasteiger partial charge < -0.3 is 29.4 Å². The third-order valence-electron chi connectivity index (χ3n) is 5.93. The van der Waals surface area contributed by atoms with Crippen LogP contribution in [0.3, 0.4) is 0 Å². The second kappa shape index (κ2) is 16.2. The second-order valence-electron chi connectivity index (χ2n) is 9.56. The second-order valence-corrected chi connectivity index (χ2v) is 9.56. The molecule has 1 unspecified atom stereocenters. The number of methoxy groups -OCH3 is 1. The van der Waals surface area contributed by atoms with E-state index in [2.05, 4.69) is 0 Å². The van der Waals surface area contributed by atoms with Crippen LogP contribution in [0.2, 0.25) is 0 Å². The van der Waals surface area contributed by atoms with E-state index in [1.807, 2.05) is 13.8 Å². The normalized spacial score (nSPS) is 12.9. The first-order valence-electron chi connectivity index (χ1n) is 13.4. The van der Waals surface area contributed by atoms with E-state index in [4.69, 9.17) is 29.4 Å². The number of ether oxygens (including phenoxy) is 5. The number of hydrogen-bond donors (Lipinski definition) is 1. The molecular weight excluding hydrogens is 518 g/mol. The number of rotatable bonds is 15. The molecule has 0 heterocycles. The molecule has 0 aliphatic rings. The van der Waals surface area contributed by atoms with Crippen molar-refractivity contribution in [2.45, 2.75) is 83.8 Å². The van der Waals surface area contributed by atoms with Crippen LogP contribution in [0, 0.1) is 0 Å². The molecule has 2 N–H and O–H groups in total. The van der Waals surface area contributed by atoms with Gasteiger partial charge in [-0.1, -0.05) is 51.0 Å². The first kappa shape index (κ1) is 32.3. The highest BCUT2D eigenvalue weighted by Gasteiger charge is 2.38. The summed E-state index contributed by atoms with van der Waals surface area (Å²) in [6.45, 7) is 5.49. The van der Waals surface area contributed by atoms with Crippen LogP contribution in [-0.2, 0) is 30.3 Å². The summed E-state index contributed by atoms with van der Waals surface area (Å²) in [6.07, 6.45) is 1.45. The van der Waals surface area contributed by atoms with E-state index in [1.54, 1.807) is 43.3 Å². The van der Waals surface area contributed by atoms with Crippen LogP contribution in [0.4, 0.5) is 4.79 Å². The zero-order chi connectivity index (χ0) is 29.5. The van der Waals surface area contributed by atoms with Gasteiger partial charge >= 0.3 is 24.1 Å². The Hall–Kier alpha value is -3.92. The molecule has 218 valence electrons. The number of carbonyl (C=O) groups is 4. The van der Waals surface area contributed by atoms with Crippen molar-refractivity contribution in [3.8, 4) is 17.2 Å². The molecule has 0 bridgehead atoms. The van der Waals surface area contributed by atoms with Crippen molar-refractivity contribution in [2.24, 2.45) is 5.73 Å². The zero-order valence-corrected chi connectivity index (χ0v) is 23.6. The molecule has 2 rings (SSSR count). The number of hydrogen-bond acceptors (Lipinski definition) is 10. The van der Waals surface area contributed by atoms with Crippen LogP contribution in [0.25, 0.3) is 0 Å². The molecule has 0 saturated heterocycles. The van der Waals surface area contributed by atoms with Crippen molar-refractivity contribution in [1.82, 2.24) is 0 Å². The smallest absolute Gasteiger partial charge is 0.468 e. The predicted octanol–water partition coefficient (Wildman–Crippen LogP) is 5.29. The van der Waals surface area contributed by atoms with E-state index < -0.39 is 35.7 Å². The van der Waals surface area contributed by atoms with Gasteiger partial charge in [-0.05, 0) is 49.6 Å². The van der Waals surface area contributed by atoms with Gasteiger partial charge in [-0.2, -0.15) is 0 Å². The van der Waals surface area contributed by atoms with Gasteiger partial charge in [-0.15, -0.1) is 0 Å². The highest BCUT2D eigenvalue weighted by molar-refractivity contribution is 5.81. The van der Waals surface area contributed by atoms with Crippen LogP contribution < -0.4 is 19.9 Å². The highest BCUT2D eigenvalue weighted by Crippen LogP contribution is 2.32. The molecule has 0 spiro atoms. The molecule has 0 aromatic heterocycles. The number of nitrogens with two attached hydrogens (primary N) is 1. The quantitative estimate of drug-likeness (QED) is 0.175. The molecular formula is C30H39NO9. The topological polar surface area (TPSA) is 140 Å². The predicted molar refractivity (Wildman–Crippen MR) is 147 cm³/mol. The van der Waals surface area contributed by atoms with Crippen molar-refractivity contribution >= 4 is 24.1 Å². The third-order valence-corrected chi connectivity index (χ3v) is 5.93. The summed E-state index contributed by atoms with van der Waals surface area (Å²) < 4.78 is 26.4. The van der Waals surface area contributed by atoms with Gasteiger partial charge in [0.25, 0.3) is 0 Å². The van der Waals surface area contributed by atoms with Crippen molar-refractivity contribution in [3.05, 3.63) is 54.1 Å². The average Bonchev–Trinajstić information content (AvgIpc) is 2.91. The largest absolute Gasteiger partial charge is 0.514 e. The Labute approximate surface area is 235 Å². The minimum absolute atomic E-state index is 0.0476. The van der Waals surface area contributed by atoms with Crippen molar-refractivity contribution in [1.29, 1.82) is 0 Å². The van der Waals surface area contributed by atoms with Crippen molar-refractivity contribution < 1.29 is 42.9 Å². The van der Waals surface area contributed by atoms with E-state index in [0.717, 1.165) is 12.8 Å². The van der Waals surface area contributed by atoms with Crippen LogP contribution in [0.1, 0.15) is 71.3 Å². The lowest BCUT2D eigenvalue weighted by Gasteiger charge is -2.29. The monoisotopic (exact) mass is 557 g/mol. The fraction of sp³-hybridized carbons (Fsp3) is 0.467. The minimum Gasteiger partial charge on any atom is -0.468 e. The van der Waals surface area contributed by atoms with Crippen LogP contribution in [0.5, 0.6) is 17.2 Å². The van der Waals surface area contributed by atoms with Crippen molar-refractivity contribution in [3.63, 3.8) is 0 Å². The van der Waals surface area contributed by atoms with Gasteiger partial charge in [-0.25, -0.2) is 4.79 Å². The maximum absolute atomic E-state index is 12.8. The fourth-order valence-electron chi connectivity index (χ4n) is 3.94. The molecule has 2 atom stereocenters. The molecule has 0 fully saturated rings. The number of esters is 3. The Morgan fingerprint density at radius 2 is 1.45 bits per heavy atom. The lowest BCUT2D eigenvalue weighted by molar-refractivity contribution is -0.148. The van der Waals surface area contributed by atoms with Crippen LogP contribution in [0.15, 0.2) is 48.5 Å². The standard InChI is InChI=1S/C30H39NO9/c1-5-7-14-26(32)39-24-17-16-22(18-25(24)40-27(33)15-8-6-2)20-30(31,28(34)36-4)19-21(3)37-29(35)38-23-12-10-9-11-13-23/h9-13,16-18,21H,5-8,14-15,19-20,31H2,1-4H3/t21-,30?/m0/s1. The molecule has 0 aliphatic carbocycles. The van der Waals surface area contributed by atoms with Gasteiger partial charge in [0.1, 0.15) is 17.4 Å². The molecule has 0 aliphatic heterocycles. The zero-order valence-electron chi connectivity index (χ0n) is 23.6. The van der Waals surface area contributed by atoms with Gasteiger partial charge in [-0.3, -0.25) is 14.4 Å². The molecule has 0 amide bonds. The van der Waals surface area contributed by atoms with E-state index in [1.165, 1.54) is 19.2 Å². The van der Waals surface area contributed by atoms with Gasteiger partial charge in [0, 0.05) is 25.7 Å². The summed E-state index contributed by atoms with van der Waals surface area (Å²) in [5.41, 5.74) is 5.41. The molecule has 0 radical (unpaired) electrons. The molecule has 10 nitrogen and oxygen atoms in total.